The lowest BCUT2D eigenvalue weighted by atomic mass is 10.6. The number of hydrogen-bond acceptors (Lipinski definition) is 0. The lowest BCUT2D eigenvalue weighted by molar-refractivity contribution is 0.954. The summed E-state index contributed by atoms with van der Waals surface area (Å²) in [6.07, 6.45) is 0. The first-order chi connectivity index (χ1) is 13.2. The van der Waals surface area contributed by atoms with E-state index in [0.29, 0.717) is 0 Å². The Morgan fingerprint density at radius 1 is 0.233 bits per heavy atom. The van der Waals surface area contributed by atoms with Crippen molar-refractivity contribution in [2.75, 3.05) is 0 Å². The van der Waals surface area contributed by atoms with Crippen molar-refractivity contribution in [3.05, 3.63) is 0 Å². The second kappa shape index (κ2) is 8.51. The van der Waals surface area contributed by atoms with E-state index in [1.165, 1.54) is 0 Å². The molecule has 6 heteroatoms. The zero-order valence-electron chi connectivity index (χ0n) is 24.5. The van der Waals surface area contributed by atoms with Crippen molar-refractivity contribution in [3.63, 3.8) is 0 Å². The zero-order valence-corrected chi connectivity index (χ0v) is 30.5. The highest BCUT2D eigenvalue weighted by molar-refractivity contribution is 8.14. The minimum Gasteiger partial charge on any atom is -0.0731 e. The van der Waals surface area contributed by atoms with Gasteiger partial charge in [0.2, 0.25) is 0 Å². The molecule has 0 radical (unpaired) electrons. The van der Waals surface area contributed by atoms with E-state index in [-0.39, 0.29) is 0 Å². The third kappa shape index (κ3) is 2.82. The molecule has 0 aromatic carbocycles. The van der Waals surface area contributed by atoms with E-state index in [2.05, 4.69) is 122 Å². The molecule has 1 fully saturated rings. The summed E-state index contributed by atoms with van der Waals surface area (Å²) < 4.78 is 0. The average Bonchev–Trinajstić information content (AvgIpc) is 2.61. The fourth-order valence-electron chi connectivity index (χ4n) is 10.4. The largest absolute Gasteiger partial charge is 0.0731 e. The smallest absolute Gasteiger partial charge is 0.0372 e. The summed E-state index contributed by atoms with van der Waals surface area (Å²) in [4.78, 5) is 0. The van der Waals surface area contributed by atoms with Gasteiger partial charge in [-0.25, -0.2) is 0 Å². The van der Waals surface area contributed by atoms with Gasteiger partial charge in [0, 0.05) is 42.7 Å². The molecule has 0 N–H and O–H groups in total. The van der Waals surface area contributed by atoms with Crippen molar-refractivity contribution in [2.24, 2.45) is 0 Å². The quantitative estimate of drug-likeness (QED) is 0.308. The molecule has 0 bridgehead atoms. The average molecular weight is 517 g/mol. The van der Waals surface area contributed by atoms with E-state index in [1.807, 2.05) is 0 Å². The molecule has 1 aliphatic heterocycles. The lowest BCUT2D eigenvalue weighted by Gasteiger charge is -2.82. The van der Waals surface area contributed by atoms with Gasteiger partial charge in [-0.3, -0.25) is 0 Å². The van der Waals surface area contributed by atoms with Gasteiger partial charge in [-0.15, -0.1) is 0 Å². The Balaban J connectivity index is 4.57. The molecular weight excluding hydrogens is 457 g/mol. The molecule has 180 valence electrons. The molecule has 1 saturated heterocycles. The van der Waals surface area contributed by atoms with E-state index >= 15 is 0 Å². The van der Waals surface area contributed by atoms with E-state index < -0.39 is 42.7 Å². The number of hydrogen-bond donors (Lipinski definition) is 0. The van der Waals surface area contributed by atoms with Crippen LogP contribution in [0.5, 0.6) is 0 Å². The molecule has 0 saturated carbocycles. The molecule has 0 amide bonds. The highest BCUT2D eigenvalue weighted by Crippen LogP contribution is 2.66. The Kier molecular flexibility index (Phi) is 8.32. The first kappa shape index (κ1) is 29.3. The Morgan fingerprint density at radius 2 is 0.300 bits per heavy atom. The van der Waals surface area contributed by atoms with Crippen LogP contribution in [0.15, 0.2) is 0 Å². The summed E-state index contributed by atoms with van der Waals surface area (Å²) in [5, 5.41) is 0. The molecule has 0 nitrogen and oxygen atoms in total. The summed E-state index contributed by atoms with van der Waals surface area (Å²) in [5.41, 5.74) is 5.82. The maximum atomic E-state index is 3.06. The molecule has 30 heavy (non-hydrogen) atoms. The molecular formula is C24H60Si6. The van der Waals surface area contributed by atoms with Gasteiger partial charge in [0.05, 0.1) is 0 Å². The van der Waals surface area contributed by atoms with Gasteiger partial charge in [-0.1, -0.05) is 156 Å². The van der Waals surface area contributed by atoms with E-state index in [9.17, 15) is 0 Å². The molecule has 0 aromatic rings. The standard InChI is InChI=1S/C24H60Si6/c1-19(2)25(13)26(14,20(3)4)28(16,22(7)8)30(18,24(11)12)29(17,23(9)10)27(25,15)21(5)6/h19-24H,1-18H3. The van der Waals surface area contributed by atoms with Crippen LogP contribution < -0.4 is 0 Å². The van der Waals surface area contributed by atoms with Crippen LogP contribution in [0.2, 0.25) is 72.5 Å². The minimum absolute atomic E-state index is 0.970. The molecule has 0 aromatic heterocycles. The highest BCUT2D eigenvalue weighted by Gasteiger charge is 2.85. The van der Waals surface area contributed by atoms with Gasteiger partial charge >= 0.3 is 0 Å². The van der Waals surface area contributed by atoms with Crippen LogP contribution in [0.1, 0.15) is 83.1 Å². The Labute approximate surface area is 197 Å². The lowest BCUT2D eigenvalue weighted by Crippen LogP contribution is -3.06. The summed E-state index contributed by atoms with van der Waals surface area (Å²) in [5.74, 6) is 0. The topological polar surface area (TPSA) is 0 Å². The van der Waals surface area contributed by atoms with Crippen molar-refractivity contribution >= 4 is 42.7 Å². The van der Waals surface area contributed by atoms with Crippen LogP contribution in [0.25, 0.3) is 0 Å². The fraction of sp³-hybridized carbons (Fsp3) is 1.00. The van der Waals surface area contributed by atoms with Gasteiger partial charge < -0.3 is 0 Å². The predicted molar refractivity (Wildman–Crippen MR) is 160 cm³/mol. The highest BCUT2D eigenvalue weighted by atomic mass is 30.2. The van der Waals surface area contributed by atoms with Crippen LogP contribution in [0.4, 0.5) is 0 Å². The summed E-state index contributed by atoms with van der Waals surface area (Å²) >= 11 is 0. The zero-order chi connectivity index (χ0) is 24.5. The van der Waals surface area contributed by atoms with Crippen molar-refractivity contribution in [2.45, 2.75) is 156 Å². The summed E-state index contributed by atoms with van der Waals surface area (Å²) in [6, 6.07) is 0. The van der Waals surface area contributed by atoms with Gasteiger partial charge in [-0.05, 0) is 0 Å². The molecule has 0 unspecified atom stereocenters. The van der Waals surface area contributed by atoms with E-state index in [0.717, 1.165) is 33.2 Å². The second-order valence-electron chi connectivity index (χ2n) is 14.1. The van der Waals surface area contributed by atoms with Crippen LogP contribution in [-0.2, 0) is 0 Å². The summed E-state index contributed by atoms with van der Waals surface area (Å²) in [7, 11) is -8.66. The van der Waals surface area contributed by atoms with Crippen molar-refractivity contribution in [1.82, 2.24) is 0 Å². The van der Waals surface area contributed by atoms with E-state index in [1.54, 1.807) is 0 Å². The van der Waals surface area contributed by atoms with Crippen molar-refractivity contribution in [3.8, 4) is 0 Å². The number of rotatable bonds is 6. The van der Waals surface area contributed by atoms with Crippen molar-refractivity contribution < 1.29 is 0 Å². The van der Waals surface area contributed by atoms with Crippen LogP contribution >= 0.6 is 0 Å². The van der Waals surface area contributed by atoms with Crippen molar-refractivity contribution in [1.29, 1.82) is 0 Å². The minimum atomic E-state index is -1.44. The SMILES string of the molecule is CC(C)[Si]1(C)[Si](C)(C(C)C)[Si](C)(C(C)C)[Si](C)(C(C)C)[Si](C)(C(C)C)[Si]1(C)C(C)C. The Hall–Kier alpha value is 1.30. The Morgan fingerprint density at radius 3 is 0.333 bits per heavy atom. The monoisotopic (exact) mass is 516 g/mol. The second-order valence-corrected chi connectivity index (χ2v) is 81.9. The normalized spacial score (nSPS) is 45.6. The molecule has 1 rings (SSSR count). The molecule has 0 atom stereocenters. The summed E-state index contributed by atoms with van der Waals surface area (Å²) in [6.45, 7) is 51.0. The first-order valence-electron chi connectivity index (χ1n) is 13.2. The Bertz CT molecular complexity index is 468. The third-order valence-electron chi connectivity index (χ3n) is 13.4. The predicted octanol–water partition coefficient (Wildman–Crippen LogP) is 9.40. The van der Waals surface area contributed by atoms with Crippen LogP contribution in [0, 0.1) is 0 Å². The van der Waals surface area contributed by atoms with Gasteiger partial charge in [0.1, 0.15) is 0 Å². The van der Waals surface area contributed by atoms with Crippen LogP contribution in [-0.4, -0.2) is 42.7 Å². The van der Waals surface area contributed by atoms with Gasteiger partial charge in [0.15, 0.2) is 0 Å². The first-order valence-corrected chi connectivity index (χ1v) is 34.6. The molecule has 1 aliphatic rings. The third-order valence-corrected chi connectivity index (χ3v) is 169. The molecule has 1 heterocycles. The fourth-order valence-corrected chi connectivity index (χ4v) is 288. The molecule has 0 aliphatic carbocycles. The van der Waals surface area contributed by atoms with E-state index in [4.69, 9.17) is 0 Å². The van der Waals surface area contributed by atoms with Crippen LogP contribution in [0.3, 0.4) is 0 Å². The van der Waals surface area contributed by atoms with Gasteiger partial charge in [0.25, 0.3) is 0 Å². The molecule has 0 spiro atoms. The van der Waals surface area contributed by atoms with Gasteiger partial charge in [-0.2, -0.15) is 0 Å². The maximum absolute atomic E-state index is 3.06. The maximum Gasteiger partial charge on any atom is 0.0372 e.